The molecule has 2 aromatic rings. The highest BCUT2D eigenvalue weighted by atomic mass is 16.5. The fraction of sp³-hybridized carbons (Fsp3) is 0.722. The highest BCUT2D eigenvalue weighted by molar-refractivity contribution is 5.76. The first-order valence-electron chi connectivity index (χ1n) is 9.23. The van der Waals surface area contributed by atoms with E-state index in [1.807, 2.05) is 20.8 Å². The van der Waals surface area contributed by atoms with Crippen LogP contribution in [0.2, 0.25) is 0 Å². The number of carbonyl (C=O) groups is 1. The Bertz CT molecular complexity index is 753. The van der Waals surface area contributed by atoms with Gasteiger partial charge in [-0.05, 0) is 19.3 Å². The number of aromatic nitrogens is 4. The molecule has 1 saturated carbocycles. The molecule has 0 unspecified atom stereocenters. The second-order valence-electron chi connectivity index (χ2n) is 8.09. The van der Waals surface area contributed by atoms with Crippen molar-refractivity contribution in [2.75, 3.05) is 0 Å². The maximum atomic E-state index is 12.5. The molecule has 1 aliphatic rings. The standard InChI is InChI=1S/C18H27N5O3/c1-12-19-16(23-25-12)18(10-5-6-11-18)21-13(24)8-7-9-14-20-15(22-26-14)17(2,3)4/h5-11H2,1-4H3,(H,21,24). The second-order valence-corrected chi connectivity index (χ2v) is 8.09. The van der Waals surface area contributed by atoms with Crippen molar-refractivity contribution in [1.82, 2.24) is 25.6 Å². The van der Waals surface area contributed by atoms with Crippen LogP contribution in [0, 0.1) is 6.92 Å². The van der Waals surface area contributed by atoms with Gasteiger partial charge < -0.3 is 14.4 Å². The Morgan fingerprint density at radius 3 is 2.46 bits per heavy atom. The van der Waals surface area contributed by atoms with Gasteiger partial charge in [-0.15, -0.1) is 0 Å². The molecule has 1 aliphatic carbocycles. The summed E-state index contributed by atoms with van der Waals surface area (Å²) in [6, 6.07) is 0. The van der Waals surface area contributed by atoms with E-state index in [2.05, 4.69) is 25.6 Å². The Hall–Kier alpha value is -2.25. The topological polar surface area (TPSA) is 107 Å². The predicted molar refractivity (Wildman–Crippen MR) is 93.3 cm³/mol. The molecule has 0 radical (unpaired) electrons. The van der Waals surface area contributed by atoms with Gasteiger partial charge in [-0.1, -0.05) is 43.9 Å². The third-order valence-corrected chi connectivity index (χ3v) is 4.72. The monoisotopic (exact) mass is 361 g/mol. The minimum absolute atomic E-state index is 0.00934. The second kappa shape index (κ2) is 7.17. The molecule has 3 rings (SSSR count). The minimum atomic E-state index is -0.487. The third-order valence-electron chi connectivity index (χ3n) is 4.72. The van der Waals surface area contributed by atoms with Gasteiger partial charge >= 0.3 is 0 Å². The van der Waals surface area contributed by atoms with E-state index in [-0.39, 0.29) is 11.3 Å². The molecular formula is C18H27N5O3. The lowest BCUT2D eigenvalue weighted by Gasteiger charge is -2.26. The zero-order chi connectivity index (χ0) is 18.8. The molecular weight excluding hydrogens is 334 g/mol. The maximum Gasteiger partial charge on any atom is 0.226 e. The lowest BCUT2D eigenvalue weighted by atomic mass is 9.96. The minimum Gasteiger partial charge on any atom is -0.343 e. The molecule has 1 N–H and O–H groups in total. The van der Waals surface area contributed by atoms with Gasteiger partial charge in [-0.3, -0.25) is 4.79 Å². The zero-order valence-electron chi connectivity index (χ0n) is 16.0. The van der Waals surface area contributed by atoms with Gasteiger partial charge in [-0.2, -0.15) is 9.97 Å². The molecule has 8 nitrogen and oxygen atoms in total. The van der Waals surface area contributed by atoms with Crippen LogP contribution in [0.3, 0.4) is 0 Å². The number of amides is 1. The molecule has 0 aromatic carbocycles. The van der Waals surface area contributed by atoms with Crippen molar-refractivity contribution in [2.24, 2.45) is 0 Å². The van der Waals surface area contributed by atoms with Crippen LogP contribution in [0.25, 0.3) is 0 Å². The molecule has 2 aromatic heterocycles. The number of rotatable bonds is 6. The first-order valence-corrected chi connectivity index (χ1v) is 9.23. The number of nitrogens with zero attached hydrogens (tertiary/aromatic N) is 4. The van der Waals surface area contributed by atoms with Crippen LogP contribution in [0.5, 0.6) is 0 Å². The average molecular weight is 361 g/mol. The molecule has 8 heteroatoms. The van der Waals surface area contributed by atoms with Crippen molar-refractivity contribution in [2.45, 2.75) is 83.6 Å². The van der Waals surface area contributed by atoms with Crippen molar-refractivity contribution in [1.29, 1.82) is 0 Å². The van der Waals surface area contributed by atoms with Crippen molar-refractivity contribution >= 4 is 5.91 Å². The SMILES string of the molecule is Cc1nc(C2(NC(=O)CCCc3nc(C(C)(C)C)no3)CCCC2)no1. The van der Waals surface area contributed by atoms with Gasteiger partial charge in [0.1, 0.15) is 5.54 Å². The largest absolute Gasteiger partial charge is 0.343 e. The van der Waals surface area contributed by atoms with Crippen molar-refractivity contribution < 1.29 is 13.8 Å². The van der Waals surface area contributed by atoms with Gasteiger partial charge in [-0.25, -0.2) is 0 Å². The quantitative estimate of drug-likeness (QED) is 0.842. The average Bonchev–Trinajstić information content (AvgIpc) is 3.27. The first-order chi connectivity index (χ1) is 12.3. The summed E-state index contributed by atoms with van der Waals surface area (Å²) < 4.78 is 10.4. The van der Waals surface area contributed by atoms with Gasteiger partial charge in [0.15, 0.2) is 11.6 Å². The Labute approximate surface area is 153 Å². The Morgan fingerprint density at radius 1 is 1.15 bits per heavy atom. The van der Waals surface area contributed by atoms with Gasteiger partial charge in [0, 0.05) is 25.2 Å². The molecule has 1 fully saturated rings. The van der Waals surface area contributed by atoms with Crippen molar-refractivity contribution in [3.8, 4) is 0 Å². The Morgan fingerprint density at radius 2 is 1.88 bits per heavy atom. The van der Waals surface area contributed by atoms with E-state index in [0.717, 1.165) is 25.7 Å². The molecule has 0 spiro atoms. The summed E-state index contributed by atoms with van der Waals surface area (Å²) in [7, 11) is 0. The lowest BCUT2D eigenvalue weighted by Crippen LogP contribution is -2.44. The fourth-order valence-corrected chi connectivity index (χ4v) is 3.27. The molecule has 26 heavy (non-hydrogen) atoms. The molecule has 142 valence electrons. The van der Waals surface area contributed by atoms with Gasteiger partial charge in [0.2, 0.25) is 17.7 Å². The third kappa shape index (κ3) is 4.11. The summed E-state index contributed by atoms with van der Waals surface area (Å²) in [5.74, 6) is 2.37. The number of aryl methyl sites for hydroxylation is 2. The van der Waals surface area contributed by atoms with E-state index in [9.17, 15) is 4.79 Å². The summed E-state index contributed by atoms with van der Waals surface area (Å²) in [6.07, 6.45) is 5.42. The van der Waals surface area contributed by atoms with Crippen LogP contribution >= 0.6 is 0 Å². The summed E-state index contributed by atoms with van der Waals surface area (Å²) in [5, 5.41) is 11.2. The van der Waals surface area contributed by atoms with Crippen LogP contribution in [0.15, 0.2) is 9.05 Å². The number of carbonyl (C=O) groups excluding carboxylic acids is 1. The van der Waals surface area contributed by atoms with E-state index in [0.29, 0.717) is 42.7 Å². The normalized spacial score (nSPS) is 16.8. The van der Waals surface area contributed by atoms with Gasteiger partial charge in [0.25, 0.3) is 0 Å². The summed E-state index contributed by atoms with van der Waals surface area (Å²) >= 11 is 0. The van der Waals surface area contributed by atoms with Gasteiger partial charge in [0.05, 0.1) is 0 Å². The number of hydrogen-bond donors (Lipinski definition) is 1. The van der Waals surface area contributed by atoms with Crippen LogP contribution < -0.4 is 5.32 Å². The smallest absolute Gasteiger partial charge is 0.226 e. The molecule has 0 bridgehead atoms. The van der Waals surface area contributed by atoms with Crippen molar-refractivity contribution in [3.05, 3.63) is 23.4 Å². The van der Waals surface area contributed by atoms with Crippen LogP contribution in [0.4, 0.5) is 0 Å². The Balaban J connectivity index is 1.54. The van der Waals surface area contributed by atoms with E-state index in [4.69, 9.17) is 9.05 Å². The lowest BCUT2D eigenvalue weighted by molar-refractivity contribution is -0.123. The van der Waals surface area contributed by atoms with Crippen LogP contribution in [-0.4, -0.2) is 26.2 Å². The number of hydrogen-bond acceptors (Lipinski definition) is 7. The van der Waals surface area contributed by atoms with E-state index in [1.54, 1.807) is 6.92 Å². The van der Waals surface area contributed by atoms with Crippen molar-refractivity contribution in [3.63, 3.8) is 0 Å². The maximum absolute atomic E-state index is 12.5. The zero-order valence-corrected chi connectivity index (χ0v) is 16.0. The Kier molecular flexibility index (Phi) is 5.11. The molecule has 0 saturated heterocycles. The molecule has 0 aliphatic heterocycles. The predicted octanol–water partition coefficient (Wildman–Crippen LogP) is 2.97. The van der Waals surface area contributed by atoms with E-state index < -0.39 is 5.54 Å². The molecule has 2 heterocycles. The number of nitrogens with one attached hydrogen (secondary N) is 1. The fourth-order valence-electron chi connectivity index (χ4n) is 3.27. The summed E-state index contributed by atoms with van der Waals surface area (Å²) in [4.78, 5) is 21.2. The highest BCUT2D eigenvalue weighted by Gasteiger charge is 2.41. The van der Waals surface area contributed by atoms with Crippen LogP contribution in [0.1, 0.15) is 82.7 Å². The highest BCUT2D eigenvalue weighted by Crippen LogP contribution is 2.37. The van der Waals surface area contributed by atoms with E-state index in [1.165, 1.54) is 0 Å². The van der Waals surface area contributed by atoms with E-state index >= 15 is 0 Å². The first kappa shape index (κ1) is 18.5. The van der Waals surface area contributed by atoms with Crippen LogP contribution in [-0.2, 0) is 22.2 Å². The summed E-state index contributed by atoms with van der Waals surface area (Å²) in [5.41, 5.74) is -0.630. The molecule has 0 atom stereocenters. The summed E-state index contributed by atoms with van der Waals surface area (Å²) in [6.45, 7) is 7.87. The molecule has 1 amide bonds.